The first kappa shape index (κ1) is 27.1. The van der Waals surface area contributed by atoms with Gasteiger partial charge in [-0.2, -0.15) is 13.2 Å². The van der Waals surface area contributed by atoms with E-state index in [4.69, 9.17) is 10.5 Å². The largest absolute Gasteiger partial charge is 0.444 e. The summed E-state index contributed by atoms with van der Waals surface area (Å²) in [7, 11) is 0. The first-order valence-corrected chi connectivity index (χ1v) is 11.3. The highest BCUT2D eigenvalue weighted by atomic mass is 19.4. The molecule has 1 aliphatic rings. The third kappa shape index (κ3) is 6.58. The monoisotopic (exact) mass is 509 g/mol. The molecular formula is C25H27F4N3O4. The summed E-state index contributed by atoms with van der Waals surface area (Å²) >= 11 is 0. The molecular weight excluding hydrogens is 482 g/mol. The maximum atomic E-state index is 14.1. The molecule has 3 rings (SSSR count). The van der Waals surface area contributed by atoms with Crippen molar-refractivity contribution in [2.24, 2.45) is 5.73 Å². The molecule has 1 saturated heterocycles. The minimum Gasteiger partial charge on any atom is -0.444 e. The van der Waals surface area contributed by atoms with E-state index in [-0.39, 0.29) is 37.1 Å². The molecule has 0 saturated carbocycles. The number of aryl methyl sites for hydroxylation is 1. The van der Waals surface area contributed by atoms with Gasteiger partial charge in [0.2, 0.25) is 0 Å². The lowest BCUT2D eigenvalue weighted by Crippen LogP contribution is -2.43. The van der Waals surface area contributed by atoms with E-state index in [1.165, 1.54) is 24.4 Å². The second-order valence-corrected chi connectivity index (χ2v) is 9.61. The van der Waals surface area contributed by atoms with Crippen molar-refractivity contribution in [2.75, 3.05) is 6.54 Å². The van der Waals surface area contributed by atoms with Crippen molar-refractivity contribution in [3.63, 3.8) is 0 Å². The van der Waals surface area contributed by atoms with Gasteiger partial charge in [-0.25, -0.2) is 9.18 Å². The summed E-state index contributed by atoms with van der Waals surface area (Å²) in [6, 6.07) is 4.81. The number of aromatic nitrogens is 1. The molecule has 0 spiro atoms. The summed E-state index contributed by atoms with van der Waals surface area (Å²) in [5.41, 5.74) is 4.87. The van der Waals surface area contributed by atoms with Gasteiger partial charge in [0.25, 0.3) is 5.91 Å². The molecule has 2 N–H and O–H groups in total. The molecule has 11 heteroatoms. The van der Waals surface area contributed by atoms with E-state index >= 15 is 0 Å². The van der Waals surface area contributed by atoms with E-state index in [0.29, 0.717) is 11.1 Å². The van der Waals surface area contributed by atoms with Crippen LogP contribution in [0.15, 0.2) is 36.5 Å². The first-order valence-electron chi connectivity index (χ1n) is 11.3. The number of nitrogens with zero attached hydrogens (tertiary/aromatic N) is 2. The van der Waals surface area contributed by atoms with Gasteiger partial charge in [0, 0.05) is 24.6 Å². The number of ketones is 1. The smallest absolute Gasteiger partial charge is 0.416 e. The second kappa shape index (κ2) is 10.2. The Morgan fingerprint density at radius 3 is 2.33 bits per heavy atom. The molecule has 0 radical (unpaired) electrons. The van der Waals surface area contributed by atoms with Crippen LogP contribution in [0.2, 0.25) is 0 Å². The van der Waals surface area contributed by atoms with Gasteiger partial charge < -0.3 is 10.5 Å². The molecule has 2 heterocycles. The Morgan fingerprint density at radius 1 is 1.14 bits per heavy atom. The topological polar surface area (TPSA) is 103 Å². The number of hydrogen-bond donors (Lipinski definition) is 1. The molecule has 2 amide bonds. The van der Waals surface area contributed by atoms with Crippen molar-refractivity contribution in [2.45, 2.75) is 64.0 Å². The first-order chi connectivity index (χ1) is 16.7. The summed E-state index contributed by atoms with van der Waals surface area (Å²) < 4.78 is 58.0. The third-order valence-corrected chi connectivity index (χ3v) is 5.65. The van der Waals surface area contributed by atoms with Crippen molar-refractivity contribution < 1.29 is 36.7 Å². The van der Waals surface area contributed by atoms with E-state index in [1.807, 2.05) is 0 Å². The number of halogens is 4. The van der Waals surface area contributed by atoms with Crippen LogP contribution in [0.1, 0.15) is 55.1 Å². The Morgan fingerprint density at radius 2 is 1.78 bits per heavy atom. The SMILES string of the molecule is CC(C)(C)OC(=O)N1C[C@H](F)C[C@H]1C(=O)CCc1cc(-c2ccc(C(F)(F)F)cc2)ncc1C(N)=O. The van der Waals surface area contributed by atoms with Crippen molar-refractivity contribution in [3.8, 4) is 11.3 Å². The molecule has 36 heavy (non-hydrogen) atoms. The van der Waals surface area contributed by atoms with Gasteiger partial charge in [0.1, 0.15) is 11.8 Å². The highest BCUT2D eigenvalue weighted by Crippen LogP contribution is 2.31. The number of primary amides is 1. The number of nitrogens with two attached hydrogens (primary N) is 1. The van der Waals surface area contributed by atoms with Crippen molar-refractivity contribution in [3.05, 3.63) is 53.2 Å². The van der Waals surface area contributed by atoms with Crippen LogP contribution < -0.4 is 5.73 Å². The van der Waals surface area contributed by atoms with E-state index in [0.717, 1.165) is 17.0 Å². The van der Waals surface area contributed by atoms with E-state index in [1.54, 1.807) is 20.8 Å². The molecule has 194 valence electrons. The standard InChI is InChI=1S/C25H27F4N3O4/c1-24(2,3)36-23(35)32-13-17(26)11-20(32)21(33)9-6-15-10-19(31-12-18(15)22(30)34)14-4-7-16(8-5-14)25(27,28)29/h4-5,7-8,10,12,17,20H,6,9,11,13H2,1-3H3,(H2,30,34)/t17-,20+/m1/s1. The Labute approximate surface area is 205 Å². The van der Waals surface area contributed by atoms with Gasteiger partial charge in [0.15, 0.2) is 5.78 Å². The van der Waals surface area contributed by atoms with Crippen LogP contribution in [0.3, 0.4) is 0 Å². The molecule has 7 nitrogen and oxygen atoms in total. The number of Topliss-reactive ketones (excluding diaryl/α,β-unsaturated/α-hetero) is 1. The average molecular weight is 510 g/mol. The predicted octanol–water partition coefficient (Wildman–Crippen LogP) is 4.72. The summed E-state index contributed by atoms with van der Waals surface area (Å²) in [4.78, 5) is 42.5. The molecule has 2 aromatic rings. The number of benzene rings is 1. The second-order valence-electron chi connectivity index (χ2n) is 9.61. The number of likely N-dealkylation sites (tertiary alicyclic amines) is 1. The van der Waals surface area contributed by atoms with Crippen LogP contribution >= 0.6 is 0 Å². The van der Waals surface area contributed by atoms with Crippen LogP contribution in [0.25, 0.3) is 11.3 Å². The Bertz CT molecular complexity index is 1140. The number of ether oxygens (including phenoxy) is 1. The summed E-state index contributed by atoms with van der Waals surface area (Å²) in [6.45, 7) is 4.72. The van der Waals surface area contributed by atoms with Gasteiger partial charge in [-0.05, 0) is 51.0 Å². The zero-order chi connectivity index (χ0) is 26.8. The molecule has 1 aromatic carbocycles. The predicted molar refractivity (Wildman–Crippen MR) is 123 cm³/mol. The van der Waals surface area contributed by atoms with E-state index in [9.17, 15) is 31.9 Å². The average Bonchev–Trinajstić information content (AvgIpc) is 3.17. The van der Waals surface area contributed by atoms with Gasteiger partial charge >= 0.3 is 12.3 Å². The summed E-state index contributed by atoms with van der Waals surface area (Å²) in [5.74, 6) is -1.20. The van der Waals surface area contributed by atoms with Gasteiger partial charge in [0.05, 0.1) is 29.4 Å². The molecule has 1 fully saturated rings. The Hall–Kier alpha value is -3.50. The lowest BCUT2D eigenvalue weighted by atomic mass is 9.97. The van der Waals surface area contributed by atoms with Crippen LogP contribution in [-0.2, 0) is 22.1 Å². The lowest BCUT2D eigenvalue weighted by Gasteiger charge is -2.27. The number of pyridine rings is 1. The van der Waals surface area contributed by atoms with E-state index in [2.05, 4.69) is 4.98 Å². The molecule has 0 unspecified atom stereocenters. The highest BCUT2D eigenvalue weighted by molar-refractivity contribution is 5.95. The van der Waals surface area contributed by atoms with Crippen LogP contribution in [-0.4, -0.2) is 52.0 Å². The fraction of sp³-hybridized carbons (Fsp3) is 0.440. The maximum Gasteiger partial charge on any atom is 0.416 e. The number of carbonyl (C=O) groups is 3. The van der Waals surface area contributed by atoms with Crippen molar-refractivity contribution in [1.82, 2.24) is 9.88 Å². The number of carbonyl (C=O) groups excluding carboxylic acids is 3. The lowest BCUT2D eigenvalue weighted by molar-refractivity contribution is -0.137. The highest BCUT2D eigenvalue weighted by Gasteiger charge is 2.41. The Kier molecular flexibility index (Phi) is 7.70. The minimum absolute atomic E-state index is 0.0306. The zero-order valence-corrected chi connectivity index (χ0v) is 20.1. The van der Waals surface area contributed by atoms with Gasteiger partial charge in [-0.15, -0.1) is 0 Å². The normalized spacial score (nSPS) is 18.2. The summed E-state index contributed by atoms with van der Waals surface area (Å²) in [5, 5.41) is 0. The zero-order valence-electron chi connectivity index (χ0n) is 20.1. The van der Waals surface area contributed by atoms with E-state index < -0.39 is 47.3 Å². The molecule has 1 aliphatic heterocycles. The van der Waals surface area contributed by atoms with Gasteiger partial charge in [-0.1, -0.05) is 12.1 Å². The quantitative estimate of drug-likeness (QED) is 0.568. The third-order valence-electron chi connectivity index (χ3n) is 5.65. The number of amides is 2. The number of rotatable bonds is 6. The van der Waals surface area contributed by atoms with Gasteiger partial charge in [-0.3, -0.25) is 19.5 Å². The van der Waals surface area contributed by atoms with Crippen molar-refractivity contribution in [1.29, 1.82) is 0 Å². The fourth-order valence-electron chi connectivity index (χ4n) is 3.95. The number of hydrogen-bond acceptors (Lipinski definition) is 5. The molecule has 0 bridgehead atoms. The maximum absolute atomic E-state index is 14.1. The van der Waals surface area contributed by atoms with Crippen molar-refractivity contribution >= 4 is 17.8 Å². The van der Waals surface area contributed by atoms with Crippen LogP contribution in [0.4, 0.5) is 22.4 Å². The molecule has 0 aliphatic carbocycles. The fourth-order valence-corrected chi connectivity index (χ4v) is 3.95. The summed E-state index contributed by atoms with van der Waals surface area (Å²) in [6.07, 6.45) is -5.70. The van der Waals surface area contributed by atoms with Crippen LogP contribution in [0.5, 0.6) is 0 Å². The molecule has 2 atom stereocenters. The molecule has 1 aromatic heterocycles. The van der Waals surface area contributed by atoms with Crippen LogP contribution in [0, 0.1) is 0 Å². The Balaban J connectivity index is 1.79. The number of alkyl halides is 4. The minimum atomic E-state index is -4.49.